The van der Waals surface area contributed by atoms with E-state index in [0.29, 0.717) is 11.4 Å². The highest BCUT2D eigenvalue weighted by Crippen LogP contribution is 2.25. The molecule has 0 unspecified atom stereocenters. The summed E-state index contributed by atoms with van der Waals surface area (Å²) in [7, 11) is 1.48. The van der Waals surface area contributed by atoms with Crippen molar-refractivity contribution in [2.75, 3.05) is 12.4 Å². The molecule has 0 bridgehead atoms. The molecule has 0 amide bonds. The summed E-state index contributed by atoms with van der Waals surface area (Å²) < 4.78 is 5.07. The number of hydrazone groups is 1. The number of carboxylic acids is 1. The Labute approximate surface area is 103 Å². The van der Waals surface area contributed by atoms with Crippen LogP contribution in [0.3, 0.4) is 0 Å². The number of anilines is 1. The highest BCUT2D eigenvalue weighted by molar-refractivity contribution is 7.80. The Morgan fingerprint density at radius 3 is 2.82 bits per heavy atom. The first kappa shape index (κ1) is 12.9. The van der Waals surface area contributed by atoms with Gasteiger partial charge < -0.3 is 15.2 Å². The van der Waals surface area contributed by atoms with Gasteiger partial charge >= 0.3 is 5.97 Å². The van der Waals surface area contributed by atoms with Gasteiger partial charge in [0.15, 0.2) is 5.11 Å². The molecule has 3 N–H and O–H groups in total. The van der Waals surface area contributed by atoms with E-state index in [1.165, 1.54) is 25.3 Å². The average Bonchev–Trinajstić information content (AvgIpc) is 2.29. The van der Waals surface area contributed by atoms with Crippen molar-refractivity contribution in [3.63, 3.8) is 0 Å². The number of carbonyl (C=O) groups is 1. The maximum Gasteiger partial charge on any atom is 0.335 e. The number of carboxylic acid groups (broad SMARTS) is 1. The van der Waals surface area contributed by atoms with Gasteiger partial charge in [0, 0.05) is 6.72 Å². The molecule has 90 valence electrons. The lowest BCUT2D eigenvalue weighted by Gasteiger charge is -2.11. The van der Waals surface area contributed by atoms with E-state index in [1.807, 2.05) is 0 Å². The Kier molecular flexibility index (Phi) is 4.41. The highest BCUT2D eigenvalue weighted by atomic mass is 32.1. The Balaban J connectivity index is 3.01. The first-order chi connectivity index (χ1) is 8.08. The van der Waals surface area contributed by atoms with Crippen LogP contribution in [0.4, 0.5) is 5.69 Å². The zero-order chi connectivity index (χ0) is 12.8. The van der Waals surface area contributed by atoms with Crippen LogP contribution in [-0.4, -0.2) is 30.0 Å². The van der Waals surface area contributed by atoms with E-state index in [2.05, 4.69) is 22.6 Å². The van der Waals surface area contributed by atoms with Gasteiger partial charge in [-0.25, -0.2) is 4.79 Å². The van der Waals surface area contributed by atoms with Gasteiger partial charge in [-0.1, -0.05) is 0 Å². The topological polar surface area (TPSA) is 83.0 Å². The van der Waals surface area contributed by atoms with Crippen molar-refractivity contribution in [2.45, 2.75) is 0 Å². The normalized spacial score (nSPS) is 9.24. The molecule has 0 aliphatic heterocycles. The number of benzene rings is 1. The standard InChI is InChI=1S/C10H11N3O3S/c1-11-13-10(17)12-7-5-6(9(14)15)3-4-8(7)16-2/h3-5H,1H2,2H3,(H,14,15)(H2,12,13,17). The van der Waals surface area contributed by atoms with Crippen LogP contribution >= 0.6 is 12.2 Å². The Hall–Kier alpha value is -2.15. The molecule has 6 nitrogen and oxygen atoms in total. The minimum Gasteiger partial charge on any atom is -0.495 e. The van der Waals surface area contributed by atoms with E-state index in [1.54, 1.807) is 0 Å². The van der Waals surface area contributed by atoms with Crippen LogP contribution in [-0.2, 0) is 0 Å². The quantitative estimate of drug-likeness (QED) is 0.426. The van der Waals surface area contributed by atoms with Crippen LogP contribution in [0.1, 0.15) is 10.4 Å². The number of nitrogens with one attached hydrogen (secondary N) is 2. The summed E-state index contributed by atoms with van der Waals surface area (Å²) in [6.07, 6.45) is 0. The third-order valence-corrected chi connectivity index (χ3v) is 2.07. The van der Waals surface area contributed by atoms with Crippen molar-refractivity contribution in [2.24, 2.45) is 5.10 Å². The van der Waals surface area contributed by atoms with E-state index < -0.39 is 5.97 Å². The molecule has 0 saturated heterocycles. The number of nitrogens with zero attached hydrogens (tertiary/aromatic N) is 1. The number of methoxy groups -OCH3 is 1. The van der Waals surface area contributed by atoms with Gasteiger partial charge in [0.1, 0.15) is 5.75 Å². The van der Waals surface area contributed by atoms with Crippen molar-refractivity contribution >= 4 is 35.7 Å². The Morgan fingerprint density at radius 2 is 2.29 bits per heavy atom. The molecule has 0 radical (unpaired) electrons. The second-order valence-electron chi connectivity index (χ2n) is 2.94. The molecule has 17 heavy (non-hydrogen) atoms. The van der Waals surface area contributed by atoms with Crippen LogP contribution in [0.25, 0.3) is 0 Å². The van der Waals surface area contributed by atoms with Crippen molar-refractivity contribution in [1.82, 2.24) is 5.43 Å². The predicted molar refractivity (Wildman–Crippen MR) is 68.9 cm³/mol. The predicted octanol–water partition coefficient (Wildman–Crippen LogP) is 1.30. The lowest BCUT2D eigenvalue weighted by molar-refractivity contribution is 0.0697. The van der Waals surface area contributed by atoms with E-state index >= 15 is 0 Å². The summed E-state index contributed by atoms with van der Waals surface area (Å²) in [6, 6.07) is 4.39. The molecule has 0 spiro atoms. The van der Waals surface area contributed by atoms with Crippen LogP contribution in [0.5, 0.6) is 5.75 Å². The fourth-order valence-corrected chi connectivity index (χ4v) is 1.34. The molecule has 1 aromatic rings. The minimum absolute atomic E-state index is 0.127. The number of ether oxygens (including phenoxy) is 1. The molecule has 0 aliphatic carbocycles. The number of thiocarbonyl (C=S) groups is 1. The summed E-state index contributed by atoms with van der Waals surface area (Å²) in [5, 5.41) is 15.2. The molecule has 0 aromatic heterocycles. The SMILES string of the molecule is C=NNC(=S)Nc1cc(C(=O)O)ccc1OC. The van der Waals surface area contributed by atoms with Crippen LogP contribution < -0.4 is 15.5 Å². The van der Waals surface area contributed by atoms with E-state index in [4.69, 9.17) is 22.1 Å². The van der Waals surface area contributed by atoms with Crippen molar-refractivity contribution in [1.29, 1.82) is 0 Å². The van der Waals surface area contributed by atoms with Crippen molar-refractivity contribution in [3.8, 4) is 5.75 Å². The van der Waals surface area contributed by atoms with Crippen LogP contribution in [0.2, 0.25) is 0 Å². The largest absolute Gasteiger partial charge is 0.495 e. The summed E-state index contributed by atoms with van der Waals surface area (Å²) in [5.74, 6) is -0.556. The lowest BCUT2D eigenvalue weighted by Crippen LogP contribution is -2.23. The number of aromatic carboxylic acids is 1. The molecule has 0 fully saturated rings. The molecular formula is C10H11N3O3S. The molecule has 0 aliphatic rings. The maximum atomic E-state index is 10.8. The average molecular weight is 253 g/mol. The maximum absolute atomic E-state index is 10.8. The molecule has 7 heteroatoms. The second kappa shape index (κ2) is 5.80. The Bertz CT molecular complexity index is 462. The lowest BCUT2D eigenvalue weighted by atomic mass is 10.2. The summed E-state index contributed by atoms with van der Waals surface area (Å²) >= 11 is 4.89. The first-order valence-corrected chi connectivity index (χ1v) is 4.93. The summed E-state index contributed by atoms with van der Waals surface area (Å²) in [4.78, 5) is 10.8. The van der Waals surface area contributed by atoms with Gasteiger partial charge in [0.2, 0.25) is 0 Å². The summed E-state index contributed by atoms with van der Waals surface area (Å²) in [6.45, 7) is 3.22. The zero-order valence-electron chi connectivity index (χ0n) is 9.06. The van der Waals surface area contributed by atoms with E-state index in [-0.39, 0.29) is 10.7 Å². The first-order valence-electron chi connectivity index (χ1n) is 4.52. The molecule has 0 heterocycles. The van der Waals surface area contributed by atoms with Crippen LogP contribution in [0, 0.1) is 0 Å². The second-order valence-corrected chi connectivity index (χ2v) is 3.35. The number of hydrogen-bond donors (Lipinski definition) is 3. The Morgan fingerprint density at radius 1 is 1.59 bits per heavy atom. The van der Waals surface area contributed by atoms with Crippen molar-refractivity contribution in [3.05, 3.63) is 23.8 Å². The molecule has 0 saturated carbocycles. The van der Waals surface area contributed by atoms with Gasteiger partial charge in [-0.3, -0.25) is 5.43 Å². The van der Waals surface area contributed by atoms with E-state index in [9.17, 15) is 4.79 Å². The van der Waals surface area contributed by atoms with Crippen molar-refractivity contribution < 1.29 is 14.6 Å². The minimum atomic E-state index is -1.03. The third-order valence-electron chi connectivity index (χ3n) is 1.88. The zero-order valence-corrected chi connectivity index (χ0v) is 9.87. The highest BCUT2D eigenvalue weighted by Gasteiger charge is 2.09. The van der Waals surface area contributed by atoms with Crippen LogP contribution in [0.15, 0.2) is 23.3 Å². The van der Waals surface area contributed by atoms with Gasteiger partial charge in [0.05, 0.1) is 18.4 Å². The monoisotopic (exact) mass is 253 g/mol. The third kappa shape index (κ3) is 3.42. The fourth-order valence-electron chi connectivity index (χ4n) is 1.16. The van der Waals surface area contributed by atoms with Gasteiger partial charge in [-0.2, -0.15) is 5.10 Å². The number of hydrogen-bond acceptors (Lipinski definition) is 4. The molecule has 1 aromatic carbocycles. The summed E-state index contributed by atoms with van der Waals surface area (Å²) in [5.41, 5.74) is 2.99. The van der Waals surface area contributed by atoms with E-state index in [0.717, 1.165) is 0 Å². The molecular weight excluding hydrogens is 242 g/mol. The fraction of sp³-hybridized carbons (Fsp3) is 0.100. The number of rotatable bonds is 4. The van der Waals surface area contributed by atoms with Gasteiger partial charge in [-0.05, 0) is 30.4 Å². The van der Waals surface area contributed by atoms with Gasteiger partial charge in [-0.15, -0.1) is 0 Å². The van der Waals surface area contributed by atoms with Gasteiger partial charge in [0.25, 0.3) is 0 Å². The molecule has 1 rings (SSSR count). The molecule has 0 atom stereocenters. The smallest absolute Gasteiger partial charge is 0.335 e.